The van der Waals surface area contributed by atoms with Crippen LogP contribution < -0.4 is 5.56 Å². The van der Waals surface area contributed by atoms with Crippen molar-refractivity contribution in [3.05, 3.63) is 46.1 Å². The van der Waals surface area contributed by atoms with Gasteiger partial charge in [-0.2, -0.15) is 10.2 Å². The van der Waals surface area contributed by atoms with E-state index in [2.05, 4.69) is 10.2 Å². The molecule has 0 atom stereocenters. The van der Waals surface area contributed by atoms with E-state index >= 15 is 0 Å². The van der Waals surface area contributed by atoms with Crippen LogP contribution in [-0.4, -0.2) is 43.5 Å². The van der Waals surface area contributed by atoms with Crippen LogP contribution in [0.4, 0.5) is 0 Å². The molecule has 2 aromatic heterocycles. The molecular formula is C18H23N5O2. The third-order valence-corrected chi connectivity index (χ3v) is 5.26. The van der Waals surface area contributed by atoms with Crippen molar-refractivity contribution in [2.45, 2.75) is 38.1 Å². The second-order valence-corrected chi connectivity index (χ2v) is 7.13. The molecule has 1 saturated heterocycles. The minimum absolute atomic E-state index is 0.0298. The van der Waals surface area contributed by atoms with Crippen molar-refractivity contribution in [2.24, 2.45) is 13.0 Å². The average Bonchev–Trinajstić information content (AvgIpc) is 3.38. The molecule has 1 aliphatic carbocycles. The molecule has 2 fully saturated rings. The van der Waals surface area contributed by atoms with Gasteiger partial charge in [-0.3, -0.25) is 14.3 Å². The standard InChI is InChI=1S/C18H23N5O2/c1-21-16(6-9-19-21)18(25)22-10-7-13(8-11-22)12-23-17(24)5-4-15(20-23)14-2-3-14/h4-6,9,13-14H,2-3,7-8,10-12H2,1H3. The number of hydrogen-bond donors (Lipinski definition) is 0. The lowest BCUT2D eigenvalue weighted by Crippen LogP contribution is -2.41. The molecule has 1 saturated carbocycles. The highest BCUT2D eigenvalue weighted by Gasteiger charge is 2.27. The summed E-state index contributed by atoms with van der Waals surface area (Å²) < 4.78 is 3.23. The number of amides is 1. The van der Waals surface area contributed by atoms with Crippen molar-refractivity contribution in [3.63, 3.8) is 0 Å². The highest BCUT2D eigenvalue weighted by molar-refractivity contribution is 5.92. The lowest BCUT2D eigenvalue weighted by Gasteiger charge is -2.32. The van der Waals surface area contributed by atoms with E-state index in [9.17, 15) is 9.59 Å². The number of aryl methyl sites for hydroxylation is 1. The van der Waals surface area contributed by atoms with Gasteiger partial charge in [-0.1, -0.05) is 0 Å². The number of carbonyl (C=O) groups is 1. The van der Waals surface area contributed by atoms with E-state index < -0.39 is 0 Å². The van der Waals surface area contributed by atoms with Crippen LogP contribution in [0.5, 0.6) is 0 Å². The van der Waals surface area contributed by atoms with Crippen molar-refractivity contribution >= 4 is 5.91 Å². The molecule has 1 aliphatic heterocycles. The molecule has 25 heavy (non-hydrogen) atoms. The van der Waals surface area contributed by atoms with E-state index in [1.807, 2.05) is 11.0 Å². The van der Waals surface area contributed by atoms with Gasteiger partial charge in [0, 0.05) is 44.9 Å². The zero-order chi connectivity index (χ0) is 17.4. The summed E-state index contributed by atoms with van der Waals surface area (Å²) in [6, 6.07) is 5.26. The SMILES string of the molecule is Cn1nccc1C(=O)N1CCC(Cn2nc(C3CC3)ccc2=O)CC1. The molecule has 7 nitrogen and oxygen atoms in total. The monoisotopic (exact) mass is 341 g/mol. The number of aromatic nitrogens is 4. The predicted octanol–water partition coefficient (Wildman–Crippen LogP) is 1.41. The number of hydrogen-bond acceptors (Lipinski definition) is 4. The maximum Gasteiger partial charge on any atom is 0.272 e. The minimum atomic E-state index is -0.0298. The van der Waals surface area contributed by atoms with Gasteiger partial charge >= 0.3 is 0 Å². The number of piperidine rings is 1. The predicted molar refractivity (Wildman–Crippen MR) is 92.3 cm³/mol. The Balaban J connectivity index is 1.38. The summed E-state index contributed by atoms with van der Waals surface area (Å²) in [5.41, 5.74) is 1.63. The summed E-state index contributed by atoms with van der Waals surface area (Å²) >= 11 is 0. The third kappa shape index (κ3) is 3.36. The molecule has 3 heterocycles. The van der Waals surface area contributed by atoms with Crippen LogP contribution in [0.2, 0.25) is 0 Å². The van der Waals surface area contributed by atoms with Gasteiger partial charge in [0.25, 0.3) is 11.5 Å². The molecule has 0 radical (unpaired) electrons. The Morgan fingerprint density at radius 1 is 1.16 bits per heavy atom. The minimum Gasteiger partial charge on any atom is -0.337 e. The van der Waals surface area contributed by atoms with Crippen molar-refractivity contribution in [1.82, 2.24) is 24.5 Å². The van der Waals surface area contributed by atoms with Crippen molar-refractivity contribution in [3.8, 4) is 0 Å². The normalized spacial score (nSPS) is 18.5. The van der Waals surface area contributed by atoms with Crippen LogP contribution in [0.25, 0.3) is 0 Å². The van der Waals surface area contributed by atoms with Crippen molar-refractivity contribution < 1.29 is 4.79 Å². The lowest BCUT2D eigenvalue weighted by atomic mass is 9.96. The molecule has 0 unspecified atom stereocenters. The topological polar surface area (TPSA) is 73.0 Å². The Hall–Kier alpha value is -2.44. The van der Waals surface area contributed by atoms with E-state index in [1.54, 1.807) is 34.7 Å². The fraction of sp³-hybridized carbons (Fsp3) is 0.556. The van der Waals surface area contributed by atoms with Gasteiger partial charge in [-0.25, -0.2) is 4.68 Å². The lowest BCUT2D eigenvalue weighted by molar-refractivity contribution is 0.0669. The molecule has 132 valence electrons. The first-order valence-electron chi connectivity index (χ1n) is 8.97. The fourth-order valence-corrected chi connectivity index (χ4v) is 3.50. The van der Waals surface area contributed by atoms with Gasteiger partial charge in [0.2, 0.25) is 0 Å². The van der Waals surface area contributed by atoms with Crippen molar-refractivity contribution in [1.29, 1.82) is 0 Å². The Labute approximate surface area is 146 Å². The number of carbonyl (C=O) groups excluding carboxylic acids is 1. The first kappa shape index (κ1) is 16.1. The highest BCUT2D eigenvalue weighted by Crippen LogP contribution is 2.38. The Morgan fingerprint density at radius 3 is 2.56 bits per heavy atom. The number of likely N-dealkylation sites (tertiary alicyclic amines) is 1. The molecule has 7 heteroatoms. The van der Waals surface area contributed by atoms with Crippen LogP contribution in [0.15, 0.2) is 29.2 Å². The molecule has 0 bridgehead atoms. The van der Waals surface area contributed by atoms with Crippen LogP contribution in [-0.2, 0) is 13.6 Å². The molecule has 0 aromatic carbocycles. The number of nitrogens with zero attached hydrogens (tertiary/aromatic N) is 5. The smallest absolute Gasteiger partial charge is 0.272 e. The maximum absolute atomic E-state index is 12.5. The molecule has 2 aliphatic rings. The van der Waals surface area contributed by atoms with E-state index in [0.717, 1.165) is 18.5 Å². The van der Waals surface area contributed by atoms with Gasteiger partial charge in [0.1, 0.15) is 5.69 Å². The molecular weight excluding hydrogens is 318 g/mol. The molecule has 1 amide bonds. The summed E-state index contributed by atoms with van der Waals surface area (Å²) in [6.45, 7) is 2.07. The van der Waals surface area contributed by atoms with Crippen molar-refractivity contribution in [2.75, 3.05) is 13.1 Å². The molecule has 0 spiro atoms. The van der Waals surface area contributed by atoms with Gasteiger partial charge in [-0.05, 0) is 43.7 Å². The zero-order valence-corrected chi connectivity index (χ0v) is 14.5. The average molecular weight is 341 g/mol. The summed E-state index contributed by atoms with van der Waals surface area (Å²) in [5, 5.41) is 8.61. The first-order valence-corrected chi connectivity index (χ1v) is 8.97. The Kier molecular flexibility index (Phi) is 4.15. The zero-order valence-electron chi connectivity index (χ0n) is 14.5. The van der Waals surface area contributed by atoms with Gasteiger partial charge in [0.15, 0.2) is 0 Å². The second-order valence-electron chi connectivity index (χ2n) is 7.13. The van der Waals surface area contributed by atoms with Crippen LogP contribution >= 0.6 is 0 Å². The quantitative estimate of drug-likeness (QED) is 0.843. The van der Waals surface area contributed by atoms with Crippen LogP contribution in [0.1, 0.15) is 47.8 Å². The summed E-state index contributed by atoms with van der Waals surface area (Å²) in [6.07, 6.45) is 5.79. The van der Waals surface area contributed by atoms with E-state index in [4.69, 9.17) is 0 Å². The first-order chi connectivity index (χ1) is 12.1. The molecule has 0 N–H and O–H groups in total. The number of rotatable bonds is 4. The summed E-state index contributed by atoms with van der Waals surface area (Å²) in [4.78, 5) is 26.5. The van der Waals surface area contributed by atoms with Crippen LogP contribution in [0.3, 0.4) is 0 Å². The molecule has 2 aromatic rings. The maximum atomic E-state index is 12.5. The van der Waals surface area contributed by atoms with Crippen LogP contribution in [0, 0.1) is 5.92 Å². The second kappa shape index (κ2) is 6.46. The fourth-order valence-electron chi connectivity index (χ4n) is 3.50. The Morgan fingerprint density at radius 2 is 1.92 bits per heavy atom. The Bertz CT molecular complexity index is 828. The van der Waals surface area contributed by atoms with E-state index in [1.165, 1.54) is 12.8 Å². The van der Waals surface area contributed by atoms with E-state index in [0.29, 0.717) is 37.2 Å². The van der Waals surface area contributed by atoms with Gasteiger partial charge in [0.05, 0.1) is 5.69 Å². The largest absolute Gasteiger partial charge is 0.337 e. The summed E-state index contributed by atoms with van der Waals surface area (Å²) in [5.74, 6) is 0.963. The van der Waals surface area contributed by atoms with Gasteiger partial charge in [-0.15, -0.1) is 0 Å². The summed E-state index contributed by atoms with van der Waals surface area (Å²) in [7, 11) is 1.78. The third-order valence-electron chi connectivity index (χ3n) is 5.26. The van der Waals surface area contributed by atoms with Gasteiger partial charge < -0.3 is 4.90 Å². The van der Waals surface area contributed by atoms with E-state index in [-0.39, 0.29) is 11.5 Å². The highest BCUT2D eigenvalue weighted by atomic mass is 16.2. The molecule has 4 rings (SSSR count).